The highest BCUT2D eigenvalue weighted by Crippen LogP contribution is 2.50. The predicted octanol–water partition coefficient (Wildman–Crippen LogP) is 4.31. The molecule has 2 aromatic carbocycles. The van der Waals surface area contributed by atoms with Crippen molar-refractivity contribution < 1.29 is 0 Å². The van der Waals surface area contributed by atoms with Crippen LogP contribution in [0.5, 0.6) is 0 Å². The van der Waals surface area contributed by atoms with Gasteiger partial charge in [-0.1, -0.05) is 18.2 Å². The molecule has 0 amide bonds. The molecule has 0 aliphatic carbocycles. The third kappa shape index (κ3) is 1.99. The Morgan fingerprint density at radius 2 is 1.81 bits per heavy atom. The third-order valence-electron chi connectivity index (χ3n) is 4.72. The molecule has 1 aliphatic rings. The van der Waals surface area contributed by atoms with Crippen molar-refractivity contribution in [1.29, 1.82) is 5.26 Å². The first-order valence-electron chi connectivity index (χ1n) is 8.25. The van der Waals surface area contributed by atoms with Crippen LogP contribution >= 0.6 is 0 Å². The van der Waals surface area contributed by atoms with Crippen LogP contribution < -0.4 is 4.90 Å². The van der Waals surface area contributed by atoms with E-state index in [0.29, 0.717) is 11.4 Å². The number of benzene rings is 2. The Bertz CT molecular complexity index is 1190. The van der Waals surface area contributed by atoms with Crippen LogP contribution in [-0.4, -0.2) is 22.0 Å². The van der Waals surface area contributed by atoms with Gasteiger partial charge in [0.05, 0.1) is 28.2 Å². The van der Waals surface area contributed by atoms with E-state index in [9.17, 15) is 0 Å². The average molecular weight is 335 g/mol. The quantitative estimate of drug-likeness (QED) is 0.546. The van der Waals surface area contributed by atoms with E-state index in [2.05, 4.69) is 22.0 Å². The van der Waals surface area contributed by atoms with E-state index in [1.54, 1.807) is 12.4 Å². The summed E-state index contributed by atoms with van der Waals surface area (Å²) in [6.07, 6.45) is 3.52. The fourth-order valence-electron chi connectivity index (χ4n) is 3.41. The largest absolute Gasteiger partial charge is 0.328 e. The summed E-state index contributed by atoms with van der Waals surface area (Å²) in [5, 5.41) is 10.1. The van der Waals surface area contributed by atoms with Crippen LogP contribution in [0.3, 0.4) is 0 Å². The summed E-state index contributed by atoms with van der Waals surface area (Å²) in [6.45, 7) is 0. The van der Waals surface area contributed by atoms with Gasteiger partial charge < -0.3 is 4.90 Å². The summed E-state index contributed by atoms with van der Waals surface area (Å²) < 4.78 is 0. The zero-order valence-electron chi connectivity index (χ0n) is 14.0. The van der Waals surface area contributed by atoms with E-state index in [0.717, 1.165) is 39.1 Å². The van der Waals surface area contributed by atoms with Crippen molar-refractivity contribution in [3.8, 4) is 28.6 Å². The molecule has 0 atom stereocenters. The van der Waals surface area contributed by atoms with Crippen LogP contribution in [0.25, 0.3) is 33.4 Å². The molecule has 26 heavy (non-hydrogen) atoms. The number of hydrogen-bond donors (Lipinski definition) is 0. The van der Waals surface area contributed by atoms with Gasteiger partial charge >= 0.3 is 0 Å². The third-order valence-corrected chi connectivity index (χ3v) is 4.72. The van der Waals surface area contributed by atoms with E-state index < -0.39 is 0 Å². The lowest BCUT2D eigenvalue weighted by atomic mass is 9.95. The maximum absolute atomic E-state index is 8.99. The first kappa shape index (κ1) is 14.6. The number of nitrogens with zero attached hydrogens (tertiary/aromatic N) is 5. The molecule has 5 heteroatoms. The smallest absolute Gasteiger partial charge is 0.163 e. The molecule has 1 aliphatic heterocycles. The normalized spacial score (nSPS) is 11.9. The standard InChI is InChI=1S/C21H13N5/c1-26-19-16(14-6-4-13(11-22)5-7-14)8-9-17-18(19)21(26)25-20(24-17)15-3-2-10-23-12-15/h2-10,12H,1H3. The summed E-state index contributed by atoms with van der Waals surface area (Å²) in [5.41, 5.74) is 5.82. The first-order valence-corrected chi connectivity index (χ1v) is 8.25. The second-order valence-corrected chi connectivity index (χ2v) is 6.22. The van der Waals surface area contributed by atoms with E-state index in [1.165, 1.54) is 0 Å². The minimum atomic E-state index is 0.659. The van der Waals surface area contributed by atoms with Gasteiger partial charge in [0.25, 0.3) is 0 Å². The van der Waals surface area contributed by atoms with Gasteiger partial charge in [0.2, 0.25) is 0 Å². The number of pyridine rings is 1. The highest BCUT2D eigenvalue weighted by atomic mass is 15.2. The minimum Gasteiger partial charge on any atom is -0.328 e. The average Bonchev–Trinajstić information content (AvgIpc) is 2.72. The Labute approximate surface area is 150 Å². The van der Waals surface area contributed by atoms with Crippen molar-refractivity contribution in [3.05, 3.63) is 66.5 Å². The summed E-state index contributed by atoms with van der Waals surface area (Å²) in [6, 6.07) is 17.8. The van der Waals surface area contributed by atoms with Gasteiger partial charge in [-0.05, 0) is 35.9 Å². The Balaban J connectivity index is 1.68. The number of anilines is 2. The Morgan fingerprint density at radius 1 is 0.962 bits per heavy atom. The Morgan fingerprint density at radius 3 is 2.54 bits per heavy atom. The van der Waals surface area contributed by atoms with Crippen LogP contribution in [0.4, 0.5) is 11.5 Å². The van der Waals surface area contributed by atoms with Crippen molar-refractivity contribution >= 4 is 22.4 Å². The van der Waals surface area contributed by atoms with Gasteiger partial charge in [-0.2, -0.15) is 5.26 Å². The van der Waals surface area contributed by atoms with E-state index in [1.807, 2.05) is 49.5 Å². The summed E-state index contributed by atoms with van der Waals surface area (Å²) >= 11 is 0. The Hall–Kier alpha value is -3.78. The lowest BCUT2D eigenvalue weighted by molar-refractivity contribution is 1.08. The topological polar surface area (TPSA) is 65.7 Å². The molecule has 0 bridgehead atoms. The maximum atomic E-state index is 8.99. The monoisotopic (exact) mass is 335 g/mol. The van der Waals surface area contributed by atoms with Crippen LogP contribution in [0.1, 0.15) is 5.56 Å². The van der Waals surface area contributed by atoms with Gasteiger partial charge in [0.15, 0.2) is 5.82 Å². The van der Waals surface area contributed by atoms with Gasteiger partial charge in [-0.3, -0.25) is 4.98 Å². The van der Waals surface area contributed by atoms with Crippen LogP contribution in [0.2, 0.25) is 0 Å². The van der Waals surface area contributed by atoms with Gasteiger partial charge in [0, 0.05) is 30.6 Å². The van der Waals surface area contributed by atoms with Crippen molar-refractivity contribution in [1.82, 2.24) is 15.0 Å². The maximum Gasteiger partial charge on any atom is 0.163 e. The van der Waals surface area contributed by atoms with Crippen molar-refractivity contribution in [3.63, 3.8) is 0 Å². The zero-order chi connectivity index (χ0) is 17.7. The Kier molecular flexibility index (Phi) is 3.00. The molecule has 0 spiro atoms. The van der Waals surface area contributed by atoms with Crippen LogP contribution in [0, 0.1) is 11.3 Å². The van der Waals surface area contributed by atoms with Crippen molar-refractivity contribution in [2.45, 2.75) is 0 Å². The first-order chi connectivity index (χ1) is 12.8. The van der Waals surface area contributed by atoms with Crippen molar-refractivity contribution in [2.75, 3.05) is 11.9 Å². The van der Waals surface area contributed by atoms with Crippen LogP contribution in [-0.2, 0) is 0 Å². The van der Waals surface area contributed by atoms with Gasteiger partial charge in [-0.25, -0.2) is 9.97 Å². The molecular formula is C21H13N5. The summed E-state index contributed by atoms with van der Waals surface area (Å²) in [4.78, 5) is 15.7. The molecule has 0 fully saturated rings. The number of nitriles is 1. The summed E-state index contributed by atoms with van der Waals surface area (Å²) in [7, 11) is 2.02. The number of rotatable bonds is 2. The molecule has 2 aromatic heterocycles. The molecule has 0 saturated heterocycles. The lowest BCUT2D eigenvalue weighted by Gasteiger charge is -2.33. The molecule has 0 N–H and O–H groups in total. The molecule has 0 unspecified atom stereocenters. The van der Waals surface area contributed by atoms with Crippen molar-refractivity contribution in [2.24, 2.45) is 0 Å². The molecule has 5 nitrogen and oxygen atoms in total. The highest BCUT2D eigenvalue weighted by Gasteiger charge is 2.29. The molecule has 122 valence electrons. The van der Waals surface area contributed by atoms with E-state index in [4.69, 9.17) is 15.2 Å². The fourth-order valence-corrected chi connectivity index (χ4v) is 3.41. The lowest BCUT2D eigenvalue weighted by Crippen LogP contribution is -2.22. The predicted molar refractivity (Wildman–Crippen MR) is 101 cm³/mol. The van der Waals surface area contributed by atoms with E-state index in [-0.39, 0.29) is 0 Å². The second kappa shape index (κ2) is 5.36. The van der Waals surface area contributed by atoms with Gasteiger partial charge in [-0.15, -0.1) is 0 Å². The highest BCUT2D eigenvalue weighted by molar-refractivity contribution is 6.15. The molecule has 4 aromatic rings. The number of hydrogen-bond acceptors (Lipinski definition) is 5. The van der Waals surface area contributed by atoms with Crippen LogP contribution in [0.15, 0.2) is 60.9 Å². The second-order valence-electron chi connectivity index (χ2n) is 6.22. The zero-order valence-corrected chi connectivity index (χ0v) is 14.0. The molecule has 3 heterocycles. The van der Waals surface area contributed by atoms with Gasteiger partial charge in [0.1, 0.15) is 5.82 Å². The molecule has 5 rings (SSSR count). The molecular weight excluding hydrogens is 322 g/mol. The minimum absolute atomic E-state index is 0.659. The summed E-state index contributed by atoms with van der Waals surface area (Å²) in [5.74, 6) is 1.61. The fraction of sp³-hybridized carbons (Fsp3) is 0.0476. The molecule has 0 radical (unpaired) electrons. The number of aromatic nitrogens is 3. The van der Waals surface area contributed by atoms with E-state index >= 15 is 0 Å². The molecule has 0 saturated carbocycles. The SMILES string of the molecule is CN1c2nc(-c3cccnc3)nc3ccc(-c4ccc(C#N)cc4)c1c23.